The minimum absolute atomic E-state index is 0.242. The lowest BCUT2D eigenvalue weighted by Gasteiger charge is -2.33. The van der Waals surface area contributed by atoms with Crippen molar-refractivity contribution < 1.29 is 9.47 Å². The lowest BCUT2D eigenvalue weighted by atomic mass is 10.0. The topological polar surface area (TPSA) is 60.4 Å². The fourth-order valence-electron chi connectivity index (χ4n) is 3.53. The first kappa shape index (κ1) is 16.3. The molecule has 4 rings (SSSR count). The second kappa shape index (κ2) is 7.35. The highest BCUT2D eigenvalue weighted by Gasteiger charge is 2.24. The lowest BCUT2D eigenvalue weighted by molar-refractivity contribution is 0.170. The smallest absolute Gasteiger partial charge is 0.137 e. The predicted molar refractivity (Wildman–Crippen MR) is 95.0 cm³/mol. The van der Waals surface area contributed by atoms with Crippen molar-refractivity contribution in [1.82, 2.24) is 15.0 Å². The van der Waals surface area contributed by atoms with Crippen molar-refractivity contribution in [2.75, 3.05) is 31.2 Å². The Balaban J connectivity index is 1.40. The maximum Gasteiger partial charge on any atom is 0.137 e. The molecule has 0 unspecified atom stereocenters. The molecule has 132 valence electrons. The van der Waals surface area contributed by atoms with Gasteiger partial charge in [-0.1, -0.05) is 0 Å². The minimum Gasteiger partial charge on any atom is -0.489 e. The number of aryl methyl sites for hydroxylation is 1. The summed E-state index contributed by atoms with van der Waals surface area (Å²) < 4.78 is 11.5. The summed E-state index contributed by atoms with van der Waals surface area (Å²) in [6.07, 6.45) is 6.80. The van der Waals surface area contributed by atoms with Gasteiger partial charge >= 0.3 is 0 Å². The van der Waals surface area contributed by atoms with Crippen molar-refractivity contribution in [2.45, 2.75) is 38.2 Å². The van der Waals surface area contributed by atoms with Gasteiger partial charge in [0.1, 0.15) is 23.5 Å². The van der Waals surface area contributed by atoms with E-state index in [2.05, 4.69) is 25.9 Å². The third kappa shape index (κ3) is 3.90. The second-order valence-electron chi connectivity index (χ2n) is 6.75. The molecular formula is C19H24N4O2. The van der Waals surface area contributed by atoms with Crippen LogP contribution in [0.2, 0.25) is 0 Å². The summed E-state index contributed by atoms with van der Waals surface area (Å²) in [7, 11) is 0. The Morgan fingerprint density at radius 3 is 2.80 bits per heavy atom. The van der Waals surface area contributed by atoms with Crippen LogP contribution in [0.1, 0.15) is 36.7 Å². The van der Waals surface area contributed by atoms with Crippen LogP contribution in [0.25, 0.3) is 0 Å². The first-order valence-corrected chi connectivity index (χ1v) is 9.03. The van der Waals surface area contributed by atoms with Gasteiger partial charge in [-0.3, -0.25) is 4.98 Å². The van der Waals surface area contributed by atoms with Crippen LogP contribution < -0.4 is 9.64 Å². The largest absolute Gasteiger partial charge is 0.489 e. The Hall–Kier alpha value is -2.21. The van der Waals surface area contributed by atoms with E-state index in [9.17, 15) is 0 Å². The monoisotopic (exact) mass is 340 g/mol. The van der Waals surface area contributed by atoms with E-state index in [4.69, 9.17) is 9.47 Å². The number of pyridine rings is 1. The Labute approximate surface area is 148 Å². The van der Waals surface area contributed by atoms with Crippen LogP contribution in [0.5, 0.6) is 5.75 Å². The molecule has 0 amide bonds. The van der Waals surface area contributed by atoms with Gasteiger partial charge in [-0.15, -0.1) is 0 Å². The van der Waals surface area contributed by atoms with Crippen LogP contribution in [-0.4, -0.2) is 47.4 Å². The second-order valence-corrected chi connectivity index (χ2v) is 6.75. The molecule has 0 saturated carbocycles. The molecule has 2 fully saturated rings. The molecular weight excluding hydrogens is 316 g/mol. The molecule has 2 saturated heterocycles. The molecule has 0 radical (unpaired) electrons. The molecule has 0 aromatic carbocycles. The van der Waals surface area contributed by atoms with Crippen molar-refractivity contribution in [3.8, 4) is 5.75 Å². The van der Waals surface area contributed by atoms with Crippen LogP contribution in [0.4, 0.5) is 5.82 Å². The molecule has 6 heteroatoms. The molecule has 2 aromatic heterocycles. The molecule has 1 atom stereocenters. The van der Waals surface area contributed by atoms with E-state index in [1.165, 1.54) is 0 Å². The average molecular weight is 340 g/mol. The van der Waals surface area contributed by atoms with Gasteiger partial charge in [-0.25, -0.2) is 9.97 Å². The van der Waals surface area contributed by atoms with Crippen LogP contribution in [-0.2, 0) is 4.74 Å². The Bertz CT molecular complexity index is 696. The number of nitrogens with zero attached hydrogens (tertiary/aromatic N) is 4. The minimum atomic E-state index is 0.242. The van der Waals surface area contributed by atoms with E-state index in [0.29, 0.717) is 5.92 Å². The van der Waals surface area contributed by atoms with Crippen LogP contribution in [0.15, 0.2) is 30.6 Å². The van der Waals surface area contributed by atoms with Gasteiger partial charge in [0.15, 0.2) is 0 Å². The average Bonchev–Trinajstić information content (AvgIpc) is 3.17. The van der Waals surface area contributed by atoms with Crippen LogP contribution in [0, 0.1) is 6.92 Å². The van der Waals surface area contributed by atoms with E-state index in [-0.39, 0.29) is 6.10 Å². The van der Waals surface area contributed by atoms with Crippen LogP contribution in [0.3, 0.4) is 0 Å². The van der Waals surface area contributed by atoms with Crippen molar-refractivity contribution >= 4 is 5.82 Å². The zero-order valence-electron chi connectivity index (χ0n) is 14.6. The number of rotatable bonds is 4. The van der Waals surface area contributed by atoms with Gasteiger partial charge in [0.2, 0.25) is 0 Å². The van der Waals surface area contributed by atoms with E-state index < -0.39 is 0 Å². The third-order valence-corrected chi connectivity index (χ3v) is 4.90. The van der Waals surface area contributed by atoms with Gasteiger partial charge < -0.3 is 14.4 Å². The number of anilines is 1. The lowest BCUT2D eigenvalue weighted by Crippen LogP contribution is -2.39. The highest BCUT2D eigenvalue weighted by atomic mass is 16.5. The molecule has 2 aliphatic heterocycles. The van der Waals surface area contributed by atoms with Gasteiger partial charge in [0.25, 0.3) is 0 Å². The number of aromatic nitrogens is 3. The first-order valence-electron chi connectivity index (χ1n) is 9.03. The molecule has 2 aliphatic rings. The molecule has 2 aromatic rings. The van der Waals surface area contributed by atoms with Gasteiger partial charge in [0.05, 0.1) is 18.5 Å². The third-order valence-electron chi connectivity index (χ3n) is 4.90. The van der Waals surface area contributed by atoms with Crippen molar-refractivity contribution in [3.63, 3.8) is 0 Å². The zero-order chi connectivity index (χ0) is 17.1. The maximum atomic E-state index is 6.03. The van der Waals surface area contributed by atoms with E-state index in [1.807, 2.05) is 19.1 Å². The molecule has 0 spiro atoms. The molecule has 0 bridgehead atoms. The standard InChI is InChI=1S/C19H24N4O2/c1-14-21-18(15-6-10-24-13-15)11-19(22-14)23-8-4-16(5-9-23)25-17-3-2-7-20-12-17/h2-3,7,11-12,15-16H,4-6,8-10,13H2,1H3/t15-/m0/s1. The summed E-state index contributed by atoms with van der Waals surface area (Å²) in [6.45, 7) is 5.47. The zero-order valence-corrected chi connectivity index (χ0v) is 14.6. The number of piperidine rings is 1. The summed E-state index contributed by atoms with van der Waals surface area (Å²) in [5.74, 6) is 3.14. The molecule has 0 N–H and O–H groups in total. The molecule has 4 heterocycles. The summed E-state index contributed by atoms with van der Waals surface area (Å²) in [5, 5.41) is 0. The first-order chi connectivity index (χ1) is 12.3. The normalized spacial score (nSPS) is 21.5. The quantitative estimate of drug-likeness (QED) is 0.853. The molecule has 6 nitrogen and oxygen atoms in total. The SMILES string of the molecule is Cc1nc([C@H]2CCOC2)cc(N2CCC(Oc3cccnc3)CC2)n1. The Kier molecular flexibility index (Phi) is 4.78. The summed E-state index contributed by atoms with van der Waals surface area (Å²) in [6, 6.07) is 6.01. The van der Waals surface area contributed by atoms with Gasteiger partial charge in [0, 0.05) is 50.7 Å². The highest BCUT2D eigenvalue weighted by Crippen LogP contribution is 2.28. The van der Waals surface area contributed by atoms with Crippen molar-refractivity contribution in [2.24, 2.45) is 0 Å². The van der Waals surface area contributed by atoms with Gasteiger partial charge in [-0.05, 0) is 25.5 Å². The van der Waals surface area contributed by atoms with E-state index >= 15 is 0 Å². The van der Waals surface area contributed by atoms with Crippen molar-refractivity contribution in [3.05, 3.63) is 42.1 Å². The van der Waals surface area contributed by atoms with Crippen LogP contribution >= 0.6 is 0 Å². The maximum absolute atomic E-state index is 6.03. The fourth-order valence-corrected chi connectivity index (χ4v) is 3.53. The Morgan fingerprint density at radius 2 is 2.08 bits per heavy atom. The molecule has 0 aliphatic carbocycles. The van der Waals surface area contributed by atoms with E-state index in [0.717, 1.165) is 68.7 Å². The van der Waals surface area contributed by atoms with E-state index in [1.54, 1.807) is 12.4 Å². The predicted octanol–water partition coefficient (Wildman–Crippen LogP) is 2.73. The Morgan fingerprint density at radius 1 is 1.20 bits per heavy atom. The van der Waals surface area contributed by atoms with Crippen molar-refractivity contribution in [1.29, 1.82) is 0 Å². The number of hydrogen-bond donors (Lipinski definition) is 0. The summed E-state index contributed by atoms with van der Waals surface area (Å²) in [5.41, 5.74) is 1.12. The van der Waals surface area contributed by atoms with Gasteiger partial charge in [-0.2, -0.15) is 0 Å². The fraction of sp³-hybridized carbons (Fsp3) is 0.526. The molecule has 25 heavy (non-hydrogen) atoms. The summed E-state index contributed by atoms with van der Waals surface area (Å²) in [4.78, 5) is 15.7. The number of ether oxygens (including phenoxy) is 2. The highest BCUT2D eigenvalue weighted by molar-refractivity contribution is 5.41. The number of hydrogen-bond acceptors (Lipinski definition) is 6. The summed E-state index contributed by atoms with van der Waals surface area (Å²) >= 11 is 0.